The minimum Gasteiger partial charge on any atom is -0.462 e. The molecule has 3 heterocycles. The van der Waals surface area contributed by atoms with Crippen LogP contribution >= 0.6 is 11.3 Å². The lowest BCUT2D eigenvalue weighted by Gasteiger charge is -2.31. The van der Waals surface area contributed by atoms with E-state index in [1.54, 1.807) is 32.2 Å². The van der Waals surface area contributed by atoms with Crippen molar-refractivity contribution in [3.05, 3.63) is 46.5 Å². The number of fused-ring (bicyclic) bond motifs is 1. The summed E-state index contributed by atoms with van der Waals surface area (Å²) in [6.07, 6.45) is 2.96. The van der Waals surface area contributed by atoms with Gasteiger partial charge in [-0.05, 0) is 38.0 Å². The monoisotopic (exact) mass is 498 g/mol. The van der Waals surface area contributed by atoms with E-state index in [0.717, 1.165) is 19.4 Å². The number of ether oxygens (including phenoxy) is 1. The minimum absolute atomic E-state index is 0.00454. The zero-order valence-corrected chi connectivity index (χ0v) is 20.3. The first-order valence-electron chi connectivity index (χ1n) is 11.3. The van der Waals surface area contributed by atoms with Crippen LogP contribution in [0.4, 0.5) is 10.8 Å². The van der Waals surface area contributed by atoms with Crippen molar-refractivity contribution in [3.63, 3.8) is 0 Å². The topological polar surface area (TPSA) is 136 Å². The number of hydrogen-bond donors (Lipinski definition) is 2. The van der Waals surface area contributed by atoms with Crippen molar-refractivity contribution in [1.29, 1.82) is 0 Å². The molecule has 12 heteroatoms. The number of benzene rings is 1. The predicted molar refractivity (Wildman–Crippen MR) is 132 cm³/mol. The van der Waals surface area contributed by atoms with Crippen molar-refractivity contribution in [2.75, 3.05) is 37.0 Å². The molecular formula is C23H26N6O5S. The fraction of sp³-hybridized carbons (Fsp3) is 0.391. The average Bonchev–Trinajstić information content (AvgIpc) is 3.31. The van der Waals surface area contributed by atoms with Gasteiger partial charge in [0, 0.05) is 25.8 Å². The highest BCUT2D eigenvalue weighted by Crippen LogP contribution is 2.29. The highest BCUT2D eigenvalue weighted by Gasteiger charge is 2.27. The number of anilines is 2. The fourth-order valence-electron chi connectivity index (χ4n) is 3.95. The normalized spacial score (nSPS) is 15.6. The second-order valence-electron chi connectivity index (χ2n) is 8.08. The largest absolute Gasteiger partial charge is 0.462 e. The summed E-state index contributed by atoms with van der Waals surface area (Å²) in [6, 6.07) is 6.39. The lowest BCUT2D eigenvalue weighted by molar-refractivity contribution is -0.124. The number of esters is 1. The number of carbonyl (C=O) groups is 3. The zero-order chi connectivity index (χ0) is 24.9. The number of amides is 2. The predicted octanol–water partition coefficient (Wildman–Crippen LogP) is 1.63. The van der Waals surface area contributed by atoms with Crippen LogP contribution in [0.1, 0.15) is 30.1 Å². The maximum atomic E-state index is 13.0. The molecule has 1 saturated heterocycles. The van der Waals surface area contributed by atoms with Gasteiger partial charge < -0.3 is 20.3 Å². The SMILES string of the molecule is CCOC(=O)c1cccc(NC(=O)Cn2cnc3nc(N4CCC[C@H](C(=O)NC)C4)sc3c2=O)c1. The molecule has 1 aromatic carbocycles. The van der Waals surface area contributed by atoms with Crippen LogP contribution < -0.4 is 21.1 Å². The van der Waals surface area contributed by atoms with Crippen LogP contribution in [0.15, 0.2) is 35.4 Å². The van der Waals surface area contributed by atoms with Crippen LogP contribution in [0.5, 0.6) is 0 Å². The third-order valence-electron chi connectivity index (χ3n) is 5.65. The summed E-state index contributed by atoms with van der Waals surface area (Å²) >= 11 is 1.21. The second-order valence-corrected chi connectivity index (χ2v) is 9.05. The molecule has 0 bridgehead atoms. The molecule has 3 aromatic rings. The van der Waals surface area contributed by atoms with Crippen molar-refractivity contribution < 1.29 is 19.1 Å². The van der Waals surface area contributed by atoms with Crippen LogP contribution in [0.3, 0.4) is 0 Å². The van der Waals surface area contributed by atoms with E-state index in [9.17, 15) is 19.2 Å². The number of hydrogen-bond acceptors (Lipinski definition) is 9. The Balaban J connectivity index is 1.48. The van der Waals surface area contributed by atoms with E-state index in [1.807, 2.05) is 4.90 Å². The quantitative estimate of drug-likeness (QED) is 0.469. The van der Waals surface area contributed by atoms with E-state index in [-0.39, 0.29) is 30.5 Å². The number of piperidine rings is 1. The first-order valence-corrected chi connectivity index (χ1v) is 12.1. The van der Waals surface area contributed by atoms with Gasteiger partial charge in [-0.15, -0.1) is 0 Å². The van der Waals surface area contributed by atoms with Gasteiger partial charge in [0.05, 0.1) is 18.1 Å². The summed E-state index contributed by atoms with van der Waals surface area (Å²) in [7, 11) is 1.62. The van der Waals surface area contributed by atoms with E-state index < -0.39 is 11.9 Å². The molecule has 4 rings (SSSR count). The van der Waals surface area contributed by atoms with Crippen molar-refractivity contribution in [1.82, 2.24) is 19.9 Å². The van der Waals surface area contributed by atoms with Crippen molar-refractivity contribution in [2.45, 2.75) is 26.3 Å². The van der Waals surface area contributed by atoms with E-state index in [0.29, 0.717) is 33.3 Å². The molecule has 1 aliphatic heterocycles. The number of carbonyl (C=O) groups excluding carboxylic acids is 3. The Morgan fingerprint density at radius 2 is 2.11 bits per heavy atom. The Morgan fingerprint density at radius 3 is 2.89 bits per heavy atom. The van der Waals surface area contributed by atoms with Crippen molar-refractivity contribution in [2.24, 2.45) is 5.92 Å². The fourth-order valence-corrected chi connectivity index (χ4v) is 4.95. The third-order valence-corrected chi connectivity index (χ3v) is 6.75. The third kappa shape index (κ3) is 5.48. The van der Waals surface area contributed by atoms with E-state index in [2.05, 4.69) is 20.6 Å². The Labute approximate surface area is 205 Å². The summed E-state index contributed by atoms with van der Waals surface area (Å²) in [5, 5.41) is 6.01. The van der Waals surface area contributed by atoms with Gasteiger partial charge in [-0.3, -0.25) is 19.0 Å². The number of thiazole rings is 1. The van der Waals surface area contributed by atoms with E-state index in [1.165, 1.54) is 28.3 Å². The Hall–Kier alpha value is -3.80. The highest BCUT2D eigenvalue weighted by atomic mass is 32.1. The molecule has 0 saturated carbocycles. The van der Waals surface area contributed by atoms with Crippen LogP contribution in [0, 0.1) is 5.92 Å². The van der Waals surface area contributed by atoms with Gasteiger partial charge in [-0.1, -0.05) is 17.4 Å². The second kappa shape index (κ2) is 10.6. The Morgan fingerprint density at radius 1 is 1.29 bits per heavy atom. The maximum absolute atomic E-state index is 13.0. The van der Waals surface area contributed by atoms with Gasteiger partial charge in [0.15, 0.2) is 10.8 Å². The van der Waals surface area contributed by atoms with Gasteiger partial charge in [0.25, 0.3) is 5.56 Å². The number of nitrogens with zero attached hydrogens (tertiary/aromatic N) is 4. The molecule has 2 N–H and O–H groups in total. The molecule has 1 atom stereocenters. The van der Waals surface area contributed by atoms with Crippen LogP contribution in [0.2, 0.25) is 0 Å². The molecule has 2 aromatic heterocycles. The van der Waals surface area contributed by atoms with Crippen molar-refractivity contribution in [3.8, 4) is 0 Å². The average molecular weight is 499 g/mol. The number of rotatable bonds is 7. The molecule has 0 spiro atoms. The summed E-state index contributed by atoms with van der Waals surface area (Å²) < 4.78 is 6.55. The van der Waals surface area contributed by atoms with Gasteiger partial charge >= 0.3 is 5.97 Å². The summed E-state index contributed by atoms with van der Waals surface area (Å²) in [5.41, 5.74) is 0.682. The van der Waals surface area contributed by atoms with Crippen LogP contribution in [-0.4, -0.2) is 59.1 Å². The first-order chi connectivity index (χ1) is 16.9. The minimum atomic E-state index is -0.481. The standard InChI is InChI=1S/C23H26N6O5S/c1-3-34-22(33)14-6-4-8-16(10-14)26-17(30)12-29-13-25-19-18(21(29)32)35-23(27-19)28-9-5-7-15(11-28)20(31)24-2/h4,6,8,10,13,15H,3,5,7,9,11-12H2,1-2H3,(H,24,31)(H,26,30)/t15-/m0/s1. The van der Waals surface area contributed by atoms with Gasteiger partial charge in [-0.25, -0.2) is 9.78 Å². The van der Waals surface area contributed by atoms with Gasteiger partial charge in [0.2, 0.25) is 11.8 Å². The molecule has 184 valence electrons. The van der Waals surface area contributed by atoms with E-state index >= 15 is 0 Å². The molecule has 0 radical (unpaired) electrons. The number of nitrogens with one attached hydrogen (secondary N) is 2. The number of aromatic nitrogens is 3. The molecule has 0 aliphatic carbocycles. The smallest absolute Gasteiger partial charge is 0.338 e. The van der Waals surface area contributed by atoms with Crippen LogP contribution in [-0.2, 0) is 20.9 Å². The Bertz CT molecular complexity index is 1320. The molecule has 1 fully saturated rings. The molecular weight excluding hydrogens is 472 g/mol. The molecule has 0 unspecified atom stereocenters. The summed E-state index contributed by atoms with van der Waals surface area (Å²) in [5.74, 6) is -1.05. The summed E-state index contributed by atoms with van der Waals surface area (Å²) in [6.45, 7) is 2.99. The van der Waals surface area contributed by atoms with Gasteiger partial charge in [-0.2, -0.15) is 4.98 Å². The van der Waals surface area contributed by atoms with Crippen LogP contribution in [0.25, 0.3) is 10.3 Å². The van der Waals surface area contributed by atoms with E-state index in [4.69, 9.17) is 4.74 Å². The zero-order valence-electron chi connectivity index (χ0n) is 19.4. The van der Waals surface area contributed by atoms with Gasteiger partial charge in [0.1, 0.15) is 17.6 Å². The summed E-state index contributed by atoms with van der Waals surface area (Å²) in [4.78, 5) is 60.3. The molecule has 2 amide bonds. The Kier molecular flexibility index (Phi) is 7.39. The first kappa shape index (κ1) is 24.3. The lowest BCUT2D eigenvalue weighted by atomic mass is 9.98. The molecule has 1 aliphatic rings. The maximum Gasteiger partial charge on any atom is 0.338 e. The lowest BCUT2D eigenvalue weighted by Crippen LogP contribution is -2.42. The van der Waals surface area contributed by atoms with Crippen molar-refractivity contribution >= 4 is 50.3 Å². The molecule has 11 nitrogen and oxygen atoms in total. The highest BCUT2D eigenvalue weighted by molar-refractivity contribution is 7.22. The molecule has 35 heavy (non-hydrogen) atoms.